The van der Waals surface area contributed by atoms with Gasteiger partial charge in [-0.2, -0.15) is 0 Å². The van der Waals surface area contributed by atoms with Crippen molar-refractivity contribution in [1.29, 1.82) is 0 Å². The second kappa shape index (κ2) is 4.65. The molecule has 0 bridgehead atoms. The summed E-state index contributed by atoms with van der Waals surface area (Å²) < 4.78 is 0. The first-order valence-corrected chi connectivity index (χ1v) is 4.88. The summed E-state index contributed by atoms with van der Waals surface area (Å²) in [6.45, 7) is 9.96. The molecule has 15 heavy (non-hydrogen) atoms. The lowest BCUT2D eigenvalue weighted by molar-refractivity contribution is 0.472. The van der Waals surface area contributed by atoms with Crippen LogP contribution in [0.25, 0.3) is 10.8 Å². The molecular formula is C14H16O. The highest BCUT2D eigenvalue weighted by molar-refractivity contribution is 5.90. The maximum absolute atomic E-state index is 9.60. The summed E-state index contributed by atoms with van der Waals surface area (Å²) in [5.74, 6) is 0.385. The molecule has 2 rings (SSSR count). The zero-order valence-corrected chi connectivity index (χ0v) is 9.25. The van der Waals surface area contributed by atoms with Crippen LogP contribution in [0.5, 0.6) is 5.75 Å². The van der Waals surface area contributed by atoms with Crippen molar-refractivity contribution in [1.82, 2.24) is 0 Å². The van der Waals surface area contributed by atoms with Gasteiger partial charge in [0, 0.05) is 0 Å². The zero-order valence-electron chi connectivity index (χ0n) is 9.25. The largest absolute Gasteiger partial charge is 0.508 e. The third kappa shape index (κ3) is 2.01. The number of aromatic hydroxyl groups is 1. The molecule has 0 amide bonds. The van der Waals surface area contributed by atoms with E-state index in [-0.39, 0.29) is 0 Å². The van der Waals surface area contributed by atoms with Gasteiger partial charge in [0.2, 0.25) is 0 Å². The van der Waals surface area contributed by atoms with Crippen LogP contribution in [0.2, 0.25) is 0 Å². The van der Waals surface area contributed by atoms with E-state index in [1.807, 2.05) is 38.1 Å². The minimum Gasteiger partial charge on any atom is -0.508 e. The predicted octanol–water partition coefficient (Wildman–Crippen LogP) is 3.96. The van der Waals surface area contributed by atoms with Crippen LogP contribution in [0.15, 0.2) is 43.5 Å². The van der Waals surface area contributed by atoms with Gasteiger partial charge in [-0.25, -0.2) is 0 Å². The topological polar surface area (TPSA) is 20.2 Å². The van der Waals surface area contributed by atoms with Crippen molar-refractivity contribution in [2.45, 2.75) is 13.8 Å². The van der Waals surface area contributed by atoms with E-state index in [1.54, 1.807) is 0 Å². The number of hydrogen-bond donors (Lipinski definition) is 1. The Morgan fingerprint density at radius 3 is 2.13 bits per heavy atom. The number of benzene rings is 2. The summed E-state index contributed by atoms with van der Waals surface area (Å²) >= 11 is 0. The number of phenolic OH excluding ortho intramolecular Hbond substituents is 1. The van der Waals surface area contributed by atoms with E-state index >= 15 is 0 Å². The molecule has 2 aromatic carbocycles. The van der Waals surface area contributed by atoms with Gasteiger partial charge in [-0.3, -0.25) is 0 Å². The van der Waals surface area contributed by atoms with Crippen LogP contribution in [0.3, 0.4) is 0 Å². The molecule has 1 N–H and O–H groups in total. The number of fused-ring (bicyclic) bond motifs is 1. The number of phenols is 1. The molecule has 0 saturated carbocycles. The summed E-state index contributed by atoms with van der Waals surface area (Å²) in [5, 5.41) is 12.0. The van der Waals surface area contributed by atoms with E-state index in [4.69, 9.17) is 0 Å². The van der Waals surface area contributed by atoms with E-state index in [9.17, 15) is 5.11 Å². The van der Waals surface area contributed by atoms with Crippen molar-refractivity contribution in [3.05, 3.63) is 54.6 Å². The third-order valence-corrected chi connectivity index (χ3v) is 2.49. The Balaban J connectivity index is 0.000000531. The lowest BCUT2D eigenvalue weighted by Gasteiger charge is -2.07. The molecular weight excluding hydrogens is 184 g/mol. The number of hydrogen-bond acceptors (Lipinski definition) is 1. The lowest BCUT2D eigenvalue weighted by Crippen LogP contribution is -1.83. The molecule has 0 aliphatic carbocycles. The monoisotopic (exact) mass is 200 g/mol. The SMILES string of the molecule is C=C.Cc1cc(O)c(C)c2ccccc12. The Morgan fingerprint density at radius 2 is 1.53 bits per heavy atom. The van der Waals surface area contributed by atoms with Crippen LogP contribution in [-0.4, -0.2) is 5.11 Å². The molecule has 0 fully saturated rings. The summed E-state index contributed by atoms with van der Waals surface area (Å²) in [6.07, 6.45) is 0. The maximum Gasteiger partial charge on any atom is 0.119 e. The van der Waals surface area contributed by atoms with E-state index < -0.39 is 0 Å². The summed E-state index contributed by atoms with van der Waals surface area (Å²) in [7, 11) is 0. The Kier molecular flexibility index (Phi) is 3.51. The smallest absolute Gasteiger partial charge is 0.119 e. The molecule has 1 nitrogen and oxygen atoms in total. The van der Waals surface area contributed by atoms with Crippen molar-refractivity contribution in [3.8, 4) is 5.75 Å². The van der Waals surface area contributed by atoms with Crippen LogP contribution in [0.4, 0.5) is 0 Å². The Bertz CT molecular complexity index is 472. The normalized spacial score (nSPS) is 9.47. The Labute approximate surface area is 90.7 Å². The molecule has 0 heterocycles. The van der Waals surface area contributed by atoms with Crippen molar-refractivity contribution in [3.63, 3.8) is 0 Å². The Morgan fingerprint density at radius 1 is 1.00 bits per heavy atom. The molecule has 0 aromatic heterocycles. The van der Waals surface area contributed by atoms with Crippen LogP contribution < -0.4 is 0 Å². The fourth-order valence-electron chi connectivity index (χ4n) is 1.68. The highest BCUT2D eigenvalue weighted by Crippen LogP contribution is 2.28. The van der Waals surface area contributed by atoms with Gasteiger partial charge >= 0.3 is 0 Å². The van der Waals surface area contributed by atoms with E-state index in [2.05, 4.69) is 19.2 Å². The van der Waals surface area contributed by atoms with Gasteiger partial charge in [0.15, 0.2) is 0 Å². The van der Waals surface area contributed by atoms with E-state index in [1.165, 1.54) is 5.39 Å². The van der Waals surface area contributed by atoms with Gasteiger partial charge in [0.25, 0.3) is 0 Å². The van der Waals surface area contributed by atoms with Crippen molar-refractivity contribution in [2.24, 2.45) is 0 Å². The minimum atomic E-state index is 0.385. The molecule has 0 atom stereocenters. The predicted molar refractivity (Wildman–Crippen MR) is 66.3 cm³/mol. The Hall–Kier alpha value is -1.76. The molecule has 1 heteroatoms. The van der Waals surface area contributed by atoms with Crippen LogP contribution in [0.1, 0.15) is 11.1 Å². The van der Waals surface area contributed by atoms with Crippen molar-refractivity contribution in [2.75, 3.05) is 0 Å². The van der Waals surface area contributed by atoms with Crippen molar-refractivity contribution < 1.29 is 5.11 Å². The van der Waals surface area contributed by atoms with Crippen LogP contribution >= 0.6 is 0 Å². The van der Waals surface area contributed by atoms with E-state index in [0.717, 1.165) is 16.5 Å². The van der Waals surface area contributed by atoms with Crippen LogP contribution in [-0.2, 0) is 0 Å². The molecule has 2 aromatic rings. The van der Waals surface area contributed by atoms with Gasteiger partial charge < -0.3 is 5.11 Å². The molecule has 0 radical (unpaired) electrons. The number of aryl methyl sites for hydroxylation is 2. The maximum atomic E-state index is 9.60. The molecule has 78 valence electrons. The first-order valence-electron chi connectivity index (χ1n) is 4.88. The molecule has 0 aliphatic heterocycles. The fourth-order valence-corrected chi connectivity index (χ4v) is 1.68. The average Bonchev–Trinajstić information content (AvgIpc) is 2.29. The van der Waals surface area contributed by atoms with Crippen molar-refractivity contribution >= 4 is 10.8 Å². The quantitative estimate of drug-likeness (QED) is 0.638. The zero-order chi connectivity index (χ0) is 11.4. The standard InChI is InChI=1S/C12H12O.C2H4/c1-8-7-12(13)9(2)11-6-4-3-5-10(8)11;1-2/h3-7,13H,1-2H3;1-2H2. The van der Waals surface area contributed by atoms with Gasteiger partial charge in [-0.1, -0.05) is 24.3 Å². The van der Waals surface area contributed by atoms with Gasteiger partial charge in [0.05, 0.1) is 0 Å². The highest BCUT2D eigenvalue weighted by Gasteiger charge is 2.03. The third-order valence-electron chi connectivity index (χ3n) is 2.49. The fraction of sp³-hybridized carbons (Fsp3) is 0.143. The summed E-state index contributed by atoms with van der Waals surface area (Å²) in [5.41, 5.74) is 2.08. The first-order chi connectivity index (χ1) is 7.20. The van der Waals surface area contributed by atoms with Gasteiger partial charge in [-0.05, 0) is 41.8 Å². The molecule has 0 saturated heterocycles. The van der Waals surface area contributed by atoms with E-state index in [0.29, 0.717) is 5.75 Å². The van der Waals surface area contributed by atoms with Gasteiger partial charge in [-0.15, -0.1) is 13.2 Å². The highest BCUT2D eigenvalue weighted by atomic mass is 16.3. The summed E-state index contributed by atoms with van der Waals surface area (Å²) in [4.78, 5) is 0. The summed E-state index contributed by atoms with van der Waals surface area (Å²) in [6, 6.07) is 9.95. The van der Waals surface area contributed by atoms with Crippen LogP contribution in [0, 0.1) is 13.8 Å². The first kappa shape index (κ1) is 11.3. The molecule has 0 aliphatic rings. The minimum absolute atomic E-state index is 0.385. The second-order valence-electron chi connectivity index (χ2n) is 3.38. The molecule has 0 spiro atoms. The molecule has 0 unspecified atom stereocenters. The average molecular weight is 200 g/mol. The second-order valence-corrected chi connectivity index (χ2v) is 3.38. The van der Waals surface area contributed by atoms with Gasteiger partial charge in [0.1, 0.15) is 5.75 Å². The lowest BCUT2D eigenvalue weighted by atomic mass is 10.0. The number of rotatable bonds is 0.